The summed E-state index contributed by atoms with van der Waals surface area (Å²) in [5.74, 6) is 1.12. The summed E-state index contributed by atoms with van der Waals surface area (Å²) in [4.78, 5) is 37.7. The summed E-state index contributed by atoms with van der Waals surface area (Å²) < 4.78 is 10.7. The van der Waals surface area contributed by atoms with E-state index in [2.05, 4.69) is 10.6 Å². The number of hydrogen-bond acceptors (Lipinski definition) is 6. The maximum absolute atomic E-state index is 13.9. The number of amides is 2. The minimum atomic E-state index is -0.462. The molecular weight excluding hydrogens is 612 g/mol. The molecule has 4 aromatic carbocycles. The first-order valence-corrected chi connectivity index (χ1v) is 16.2. The third-order valence-electron chi connectivity index (χ3n) is 8.91. The lowest BCUT2D eigenvalue weighted by atomic mass is 9.92. The number of carbonyl (C=O) groups is 2. The van der Waals surface area contributed by atoms with Crippen molar-refractivity contribution in [3.8, 4) is 34.0 Å². The first-order valence-electron chi connectivity index (χ1n) is 16.2. The molecule has 2 heterocycles. The first-order chi connectivity index (χ1) is 23.6. The Hall–Kier alpha value is -5.76. The van der Waals surface area contributed by atoms with E-state index in [4.69, 9.17) is 19.4 Å². The van der Waals surface area contributed by atoms with E-state index in [1.165, 1.54) is 0 Å². The van der Waals surface area contributed by atoms with Gasteiger partial charge < -0.3 is 20.1 Å². The highest BCUT2D eigenvalue weighted by Crippen LogP contribution is 2.32. The molecule has 8 heteroatoms. The van der Waals surface area contributed by atoms with Gasteiger partial charge in [0.05, 0.1) is 47.8 Å². The molecule has 49 heavy (non-hydrogen) atoms. The van der Waals surface area contributed by atoms with Gasteiger partial charge in [-0.25, -0.2) is 9.97 Å². The fourth-order valence-electron chi connectivity index (χ4n) is 6.14. The van der Waals surface area contributed by atoms with E-state index in [0.29, 0.717) is 24.2 Å². The quantitative estimate of drug-likeness (QED) is 0.156. The summed E-state index contributed by atoms with van der Waals surface area (Å²) >= 11 is 0. The molecule has 2 amide bonds. The van der Waals surface area contributed by atoms with Gasteiger partial charge in [-0.1, -0.05) is 50.2 Å². The van der Waals surface area contributed by atoms with Crippen LogP contribution in [0.5, 0.6) is 11.5 Å². The lowest BCUT2D eigenvalue weighted by Crippen LogP contribution is -2.42. The molecule has 0 aliphatic rings. The number of aromatic nitrogens is 2. The number of carbonyl (C=O) groups excluding carboxylic acids is 2. The van der Waals surface area contributed by atoms with Crippen molar-refractivity contribution in [3.05, 3.63) is 119 Å². The number of pyridine rings is 2. The van der Waals surface area contributed by atoms with Gasteiger partial charge in [-0.3, -0.25) is 9.59 Å². The monoisotopic (exact) mass is 652 g/mol. The molecular formula is C41H40N4O4. The molecule has 0 aliphatic carbocycles. The highest BCUT2D eigenvalue weighted by atomic mass is 16.5. The standard InChI is InChI=1S/C41H40N4O4/c1-25-35(31-11-7-9-13-33(31)44-37(25)27-15-19-29(48-5)20-16-27)39(46)42-23-41(3,4)24-43-40(47)36-26(2)38(28-17-21-30(49-6)22-18-28)45-34-14-10-8-12-32(34)36/h7-22H,23-24H2,1-6H3,(H,42,46)(H,43,47). The average molecular weight is 653 g/mol. The van der Waals surface area contributed by atoms with Crippen molar-refractivity contribution in [1.82, 2.24) is 20.6 Å². The van der Waals surface area contributed by atoms with Crippen LogP contribution in [0.4, 0.5) is 0 Å². The molecule has 0 saturated heterocycles. The van der Waals surface area contributed by atoms with Crippen LogP contribution in [0.2, 0.25) is 0 Å². The molecule has 0 aliphatic heterocycles. The Kier molecular flexibility index (Phi) is 9.31. The van der Waals surface area contributed by atoms with Crippen LogP contribution < -0.4 is 20.1 Å². The molecule has 6 aromatic rings. The molecule has 0 atom stereocenters. The van der Waals surface area contributed by atoms with Gasteiger partial charge in [-0.05, 0) is 91.1 Å². The van der Waals surface area contributed by atoms with Gasteiger partial charge in [-0.15, -0.1) is 0 Å². The molecule has 0 saturated carbocycles. The number of ether oxygens (including phenoxy) is 2. The topological polar surface area (TPSA) is 102 Å². The molecule has 0 bridgehead atoms. The van der Waals surface area contributed by atoms with Crippen LogP contribution in [0.3, 0.4) is 0 Å². The van der Waals surface area contributed by atoms with Crippen molar-refractivity contribution in [3.63, 3.8) is 0 Å². The maximum atomic E-state index is 13.9. The minimum Gasteiger partial charge on any atom is -0.497 e. The van der Waals surface area contributed by atoms with Gasteiger partial charge in [0.2, 0.25) is 0 Å². The third-order valence-corrected chi connectivity index (χ3v) is 8.91. The molecule has 2 aromatic heterocycles. The zero-order valence-electron chi connectivity index (χ0n) is 28.7. The van der Waals surface area contributed by atoms with Gasteiger partial charge in [-0.2, -0.15) is 0 Å². The van der Waals surface area contributed by atoms with E-state index in [1.54, 1.807) is 14.2 Å². The van der Waals surface area contributed by atoms with E-state index in [-0.39, 0.29) is 11.8 Å². The van der Waals surface area contributed by atoms with Crippen LogP contribution in [0.15, 0.2) is 97.1 Å². The van der Waals surface area contributed by atoms with Crippen molar-refractivity contribution in [2.75, 3.05) is 27.3 Å². The van der Waals surface area contributed by atoms with Crippen LogP contribution in [0.25, 0.3) is 44.3 Å². The number of methoxy groups -OCH3 is 2. The summed E-state index contributed by atoms with van der Waals surface area (Å²) in [5, 5.41) is 7.88. The molecule has 0 fully saturated rings. The Balaban J connectivity index is 1.22. The van der Waals surface area contributed by atoms with Gasteiger partial charge in [0.15, 0.2) is 0 Å². The van der Waals surface area contributed by atoms with E-state index in [9.17, 15) is 9.59 Å². The van der Waals surface area contributed by atoms with Crippen molar-refractivity contribution in [2.45, 2.75) is 27.7 Å². The number of rotatable bonds is 10. The summed E-state index contributed by atoms with van der Waals surface area (Å²) in [6, 6.07) is 30.7. The fourth-order valence-corrected chi connectivity index (χ4v) is 6.14. The number of hydrogen-bond donors (Lipinski definition) is 2. The fraction of sp³-hybridized carbons (Fsp3) is 0.220. The zero-order chi connectivity index (χ0) is 34.7. The Morgan fingerprint density at radius 3 is 1.33 bits per heavy atom. The Morgan fingerprint density at radius 2 is 0.959 bits per heavy atom. The minimum absolute atomic E-state index is 0.189. The SMILES string of the molecule is COc1ccc(-c2nc3ccccc3c(C(=O)NCC(C)(C)CNC(=O)c3c(C)c(-c4ccc(OC)cc4)nc4ccccc34)c2C)cc1. The van der Waals surface area contributed by atoms with E-state index in [1.807, 2.05) is 125 Å². The average Bonchev–Trinajstić information content (AvgIpc) is 3.12. The number of nitrogens with zero attached hydrogens (tertiary/aromatic N) is 2. The summed E-state index contributed by atoms with van der Waals surface area (Å²) in [5.41, 5.74) is 7.05. The van der Waals surface area contributed by atoms with E-state index >= 15 is 0 Å². The van der Waals surface area contributed by atoms with Crippen molar-refractivity contribution >= 4 is 33.6 Å². The number of benzene rings is 4. The van der Waals surface area contributed by atoms with Crippen molar-refractivity contribution in [2.24, 2.45) is 5.41 Å². The number of fused-ring (bicyclic) bond motifs is 2. The van der Waals surface area contributed by atoms with Crippen LogP contribution >= 0.6 is 0 Å². The molecule has 6 rings (SSSR count). The predicted molar refractivity (Wildman–Crippen MR) is 195 cm³/mol. The normalized spacial score (nSPS) is 11.4. The second-order valence-corrected chi connectivity index (χ2v) is 12.9. The summed E-state index contributed by atoms with van der Waals surface area (Å²) in [6.07, 6.45) is 0. The van der Waals surface area contributed by atoms with Crippen molar-refractivity contribution < 1.29 is 19.1 Å². The second-order valence-electron chi connectivity index (χ2n) is 12.9. The maximum Gasteiger partial charge on any atom is 0.252 e. The van der Waals surface area contributed by atoms with Crippen LogP contribution in [-0.4, -0.2) is 49.1 Å². The molecule has 0 unspecified atom stereocenters. The largest absolute Gasteiger partial charge is 0.497 e. The lowest BCUT2D eigenvalue weighted by Gasteiger charge is -2.26. The van der Waals surface area contributed by atoms with E-state index < -0.39 is 5.41 Å². The van der Waals surface area contributed by atoms with Crippen LogP contribution in [0.1, 0.15) is 45.7 Å². The Morgan fingerprint density at radius 1 is 0.592 bits per heavy atom. The van der Waals surface area contributed by atoms with Crippen LogP contribution in [-0.2, 0) is 0 Å². The second kappa shape index (κ2) is 13.8. The molecule has 0 spiro atoms. The van der Waals surface area contributed by atoms with Gasteiger partial charge in [0, 0.05) is 35.0 Å². The number of nitrogens with one attached hydrogen (secondary N) is 2. The van der Waals surface area contributed by atoms with Gasteiger partial charge in [0.1, 0.15) is 11.5 Å². The van der Waals surface area contributed by atoms with E-state index in [0.717, 1.165) is 66.9 Å². The molecule has 248 valence electrons. The zero-order valence-corrected chi connectivity index (χ0v) is 28.7. The third kappa shape index (κ3) is 6.81. The molecule has 8 nitrogen and oxygen atoms in total. The Bertz CT molecular complexity index is 2020. The molecule has 2 N–H and O–H groups in total. The Labute approximate surface area is 286 Å². The van der Waals surface area contributed by atoms with Gasteiger partial charge in [0.25, 0.3) is 11.8 Å². The van der Waals surface area contributed by atoms with Crippen LogP contribution in [0, 0.1) is 19.3 Å². The number of para-hydroxylation sites is 2. The first kappa shape index (κ1) is 33.2. The van der Waals surface area contributed by atoms with Gasteiger partial charge >= 0.3 is 0 Å². The predicted octanol–water partition coefficient (Wildman–Crippen LogP) is 7.94. The van der Waals surface area contributed by atoms with Crippen molar-refractivity contribution in [1.29, 1.82) is 0 Å². The smallest absolute Gasteiger partial charge is 0.252 e. The molecule has 0 radical (unpaired) electrons. The highest BCUT2D eigenvalue weighted by molar-refractivity contribution is 6.10. The highest BCUT2D eigenvalue weighted by Gasteiger charge is 2.25. The summed E-state index contributed by atoms with van der Waals surface area (Å²) in [6.45, 7) is 8.59. The lowest BCUT2D eigenvalue weighted by molar-refractivity contribution is 0.0921. The summed E-state index contributed by atoms with van der Waals surface area (Å²) in [7, 11) is 3.26.